The van der Waals surface area contributed by atoms with Gasteiger partial charge >= 0.3 is 0 Å². The van der Waals surface area contributed by atoms with Gasteiger partial charge in [-0.3, -0.25) is 0 Å². The maximum Gasteiger partial charge on any atom is 0.136 e. The Hall–Kier alpha value is -3.47. The third-order valence-corrected chi connectivity index (χ3v) is 5.75. The molecule has 2 heterocycles. The second kappa shape index (κ2) is 10.7. The molecule has 2 aromatic carbocycles. The maximum atomic E-state index is 11.6. The monoisotopic (exact) mass is 429 g/mol. The van der Waals surface area contributed by atoms with Crippen molar-refractivity contribution < 1.29 is 9.53 Å². The van der Waals surface area contributed by atoms with E-state index in [0.29, 0.717) is 31.7 Å². The Morgan fingerprint density at radius 2 is 2.09 bits per heavy atom. The van der Waals surface area contributed by atoms with Gasteiger partial charge in [-0.05, 0) is 36.7 Å². The second-order valence-corrected chi connectivity index (χ2v) is 7.92. The molecule has 7 heteroatoms. The van der Waals surface area contributed by atoms with E-state index in [9.17, 15) is 4.79 Å². The molecule has 0 saturated carbocycles. The molecule has 7 nitrogen and oxygen atoms in total. The molecule has 0 amide bonds. The lowest BCUT2D eigenvalue weighted by molar-refractivity contribution is -0.109. The number of para-hydroxylation sites is 1. The van der Waals surface area contributed by atoms with Crippen molar-refractivity contribution >= 4 is 6.29 Å². The number of nitrogens with one attached hydrogen (secondary N) is 2. The molecular weight excluding hydrogens is 402 g/mol. The molecule has 0 saturated heterocycles. The van der Waals surface area contributed by atoms with E-state index < -0.39 is 0 Å². The van der Waals surface area contributed by atoms with E-state index in [4.69, 9.17) is 10.00 Å². The number of aromatic nitrogens is 2. The molecule has 2 atom stereocenters. The predicted octanol–water partition coefficient (Wildman–Crippen LogP) is 2.96. The number of aldehydes is 1. The van der Waals surface area contributed by atoms with E-state index in [-0.39, 0.29) is 12.1 Å². The van der Waals surface area contributed by atoms with Crippen LogP contribution in [0.4, 0.5) is 0 Å². The molecule has 1 aliphatic rings. The van der Waals surface area contributed by atoms with Crippen molar-refractivity contribution in [2.75, 3.05) is 13.2 Å². The summed E-state index contributed by atoms with van der Waals surface area (Å²) < 4.78 is 7.77. The number of hydrogen-bond donors (Lipinski definition) is 2. The quantitative estimate of drug-likeness (QED) is 0.482. The molecule has 1 aliphatic heterocycles. The Bertz CT molecular complexity index is 1070. The molecule has 3 aromatic rings. The largest absolute Gasteiger partial charge is 0.493 e. The lowest BCUT2D eigenvalue weighted by Crippen LogP contribution is -2.35. The van der Waals surface area contributed by atoms with Gasteiger partial charge in [0.15, 0.2) is 0 Å². The first-order chi connectivity index (χ1) is 15.8. The zero-order valence-corrected chi connectivity index (χ0v) is 17.9. The summed E-state index contributed by atoms with van der Waals surface area (Å²) in [5, 5.41) is 15.8. The highest BCUT2D eigenvalue weighted by atomic mass is 16.5. The van der Waals surface area contributed by atoms with Gasteiger partial charge in [0, 0.05) is 37.3 Å². The zero-order valence-electron chi connectivity index (χ0n) is 17.9. The van der Waals surface area contributed by atoms with Crippen molar-refractivity contribution in [1.29, 1.82) is 5.26 Å². The molecule has 1 unspecified atom stereocenters. The van der Waals surface area contributed by atoms with Gasteiger partial charge in [0.2, 0.25) is 0 Å². The molecule has 0 bridgehead atoms. The van der Waals surface area contributed by atoms with Crippen molar-refractivity contribution in [3.8, 4) is 11.8 Å². The van der Waals surface area contributed by atoms with Crippen molar-refractivity contribution in [2.24, 2.45) is 0 Å². The van der Waals surface area contributed by atoms with E-state index in [2.05, 4.69) is 27.8 Å². The normalized spacial score (nSPS) is 15.9. The van der Waals surface area contributed by atoms with Crippen LogP contribution >= 0.6 is 0 Å². The molecule has 0 aliphatic carbocycles. The first-order valence-corrected chi connectivity index (χ1v) is 10.9. The number of rotatable bonds is 10. The van der Waals surface area contributed by atoms with Gasteiger partial charge in [-0.1, -0.05) is 30.3 Å². The fraction of sp³-hybridized carbons (Fsp3) is 0.320. The summed E-state index contributed by atoms with van der Waals surface area (Å²) >= 11 is 0. The highest BCUT2D eigenvalue weighted by molar-refractivity contribution is 5.57. The summed E-state index contributed by atoms with van der Waals surface area (Å²) in [5.41, 5.74) is 3.93. The van der Waals surface area contributed by atoms with Crippen molar-refractivity contribution in [3.63, 3.8) is 0 Å². The van der Waals surface area contributed by atoms with Gasteiger partial charge in [0.05, 0.1) is 36.3 Å². The van der Waals surface area contributed by atoms with E-state index in [0.717, 1.165) is 36.3 Å². The number of carbonyl (C=O) groups is 1. The van der Waals surface area contributed by atoms with Crippen LogP contribution in [-0.4, -0.2) is 35.0 Å². The Kier molecular flexibility index (Phi) is 7.28. The number of fused-ring (bicyclic) bond motifs is 1. The molecule has 2 N–H and O–H groups in total. The van der Waals surface area contributed by atoms with Crippen LogP contribution in [0.3, 0.4) is 0 Å². The van der Waals surface area contributed by atoms with Crippen LogP contribution in [0.5, 0.6) is 5.75 Å². The first kappa shape index (κ1) is 21.8. The van der Waals surface area contributed by atoms with Crippen molar-refractivity contribution in [1.82, 2.24) is 20.2 Å². The smallest absolute Gasteiger partial charge is 0.136 e. The van der Waals surface area contributed by atoms with Gasteiger partial charge in [-0.2, -0.15) is 5.26 Å². The maximum absolute atomic E-state index is 11.6. The van der Waals surface area contributed by atoms with Crippen LogP contribution in [0.1, 0.15) is 41.3 Å². The summed E-state index contributed by atoms with van der Waals surface area (Å²) in [6, 6.07) is 17.8. The zero-order chi connectivity index (χ0) is 22.2. The van der Waals surface area contributed by atoms with Gasteiger partial charge in [-0.15, -0.1) is 0 Å². The van der Waals surface area contributed by atoms with Crippen LogP contribution in [0.15, 0.2) is 61.1 Å². The Morgan fingerprint density at radius 1 is 1.25 bits per heavy atom. The first-order valence-electron chi connectivity index (χ1n) is 10.9. The number of hydrogen-bond acceptors (Lipinski definition) is 6. The van der Waals surface area contributed by atoms with E-state index >= 15 is 0 Å². The summed E-state index contributed by atoms with van der Waals surface area (Å²) in [4.78, 5) is 15.9. The predicted molar refractivity (Wildman–Crippen MR) is 121 cm³/mol. The lowest BCUT2D eigenvalue weighted by atomic mass is 10.0. The Labute approximate surface area is 188 Å². The number of benzene rings is 2. The molecular formula is C25H27N5O2. The van der Waals surface area contributed by atoms with Crippen LogP contribution < -0.4 is 15.4 Å². The number of imidazole rings is 1. The molecule has 0 spiro atoms. The summed E-state index contributed by atoms with van der Waals surface area (Å²) in [6.45, 7) is 2.66. The van der Waals surface area contributed by atoms with E-state index in [1.54, 1.807) is 6.33 Å². The topological polar surface area (TPSA) is 92.0 Å². The van der Waals surface area contributed by atoms with Crippen molar-refractivity contribution in [2.45, 2.75) is 38.0 Å². The van der Waals surface area contributed by atoms with Crippen molar-refractivity contribution in [3.05, 3.63) is 83.4 Å². The average molecular weight is 430 g/mol. The molecule has 4 rings (SSSR count). The van der Waals surface area contributed by atoms with E-state index in [1.807, 2.05) is 53.2 Å². The van der Waals surface area contributed by atoms with Gasteiger partial charge in [0.25, 0.3) is 0 Å². The minimum atomic E-state index is -0.240. The SMILES string of the molecule is N#Cc1ccc(Cn2cncc2CN[C@H](C=O)CCNC2CCOc3ccccc32)cc1. The standard InChI is InChI=1S/C25H27N5O2/c26-13-19-5-7-20(8-6-19)16-30-18-27-14-22(30)15-29-21(17-31)9-11-28-24-10-12-32-25-4-2-1-3-23(24)25/h1-8,14,17-18,21,24,28-29H,9-12,15-16H2/t21-,24?/m0/s1. The highest BCUT2D eigenvalue weighted by Crippen LogP contribution is 2.31. The molecule has 0 fully saturated rings. The molecule has 0 radical (unpaired) electrons. The van der Waals surface area contributed by atoms with Crippen LogP contribution in [0.2, 0.25) is 0 Å². The minimum absolute atomic E-state index is 0.240. The second-order valence-electron chi connectivity index (χ2n) is 7.92. The van der Waals surface area contributed by atoms with Gasteiger partial charge in [0.1, 0.15) is 12.0 Å². The fourth-order valence-electron chi connectivity index (χ4n) is 3.94. The minimum Gasteiger partial charge on any atom is -0.493 e. The Balaban J connectivity index is 1.27. The molecule has 1 aromatic heterocycles. The van der Waals surface area contributed by atoms with E-state index in [1.165, 1.54) is 5.56 Å². The highest BCUT2D eigenvalue weighted by Gasteiger charge is 2.20. The third-order valence-electron chi connectivity index (χ3n) is 5.75. The summed E-state index contributed by atoms with van der Waals surface area (Å²) in [6.07, 6.45) is 6.20. The van der Waals surface area contributed by atoms with Crippen LogP contribution in [-0.2, 0) is 17.9 Å². The Morgan fingerprint density at radius 3 is 2.91 bits per heavy atom. The van der Waals surface area contributed by atoms with Gasteiger partial charge < -0.3 is 24.7 Å². The van der Waals surface area contributed by atoms with Crippen LogP contribution in [0, 0.1) is 11.3 Å². The number of carbonyl (C=O) groups excluding carboxylic acids is 1. The third kappa shape index (κ3) is 5.41. The molecule has 164 valence electrons. The summed E-state index contributed by atoms with van der Waals surface area (Å²) in [5.74, 6) is 0.942. The lowest BCUT2D eigenvalue weighted by Gasteiger charge is -2.27. The fourth-order valence-corrected chi connectivity index (χ4v) is 3.94. The van der Waals surface area contributed by atoms with Crippen LogP contribution in [0.25, 0.3) is 0 Å². The number of nitriles is 1. The number of nitrogens with zero attached hydrogens (tertiary/aromatic N) is 3. The van der Waals surface area contributed by atoms with Gasteiger partial charge in [-0.25, -0.2) is 4.98 Å². The number of ether oxygens (including phenoxy) is 1. The molecule has 32 heavy (non-hydrogen) atoms. The average Bonchev–Trinajstić information content (AvgIpc) is 3.28. The summed E-state index contributed by atoms with van der Waals surface area (Å²) in [7, 11) is 0.